The van der Waals surface area contributed by atoms with Crippen molar-refractivity contribution in [2.75, 3.05) is 0 Å². The van der Waals surface area contributed by atoms with Crippen LogP contribution in [0, 0.1) is 18.3 Å². The molecule has 3 nitrogen and oxygen atoms in total. The van der Waals surface area contributed by atoms with E-state index in [9.17, 15) is 10.1 Å². The van der Waals surface area contributed by atoms with Crippen molar-refractivity contribution in [2.24, 2.45) is 0 Å². The molecule has 1 saturated carbocycles. The third kappa shape index (κ3) is 4.06. The standard InChI is InChI=1S/C24H27NO2/c1-3-7-19-10-13-22(20(16-19)17-25)27-23(26)24(14-5-4-6-15-24)21-11-8-18(2)9-12-21/h8-13,16H,3-7,14-15H2,1-2H3. The summed E-state index contributed by atoms with van der Waals surface area (Å²) >= 11 is 0. The molecule has 0 spiro atoms. The molecule has 140 valence electrons. The van der Waals surface area contributed by atoms with E-state index in [1.54, 1.807) is 6.07 Å². The molecular formula is C24H27NO2. The van der Waals surface area contributed by atoms with Gasteiger partial charge in [-0.25, -0.2) is 0 Å². The van der Waals surface area contributed by atoms with Crippen LogP contribution < -0.4 is 4.74 Å². The van der Waals surface area contributed by atoms with Gasteiger partial charge in [-0.05, 0) is 49.4 Å². The van der Waals surface area contributed by atoms with E-state index in [4.69, 9.17) is 4.74 Å². The number of carbonyl (C=O) groups excluding carboxylic acids is 1. The van der Waals surface area contributed by atoms with Crippen LogP contribution in [0.5, 0.6) is 5.75 Å². The predicted octanol–water partition coefficient (Wildman–Crippen LogP) is 5.63. The lowest BCUT2D eigenvalue weighted by atomic mass is 9.69. The van der Waals surface area contributed by atoms with E-state index < -0.39 is 5.41 Å². The smallest absolute Gasteiger partial charge is 0.321 e. The molecule has 3 rings (SSSR count). The Bertz CT molecular complexity index is 840. The molecule has 0 amide bonds. The molecule has 2 aromatic rings. The lowest BCUT2D eigenvalue weighted by Crippen LogP contribution is -2.41. The fourth-order valence-corrected chi connectivity index (χ4v) is 4.03. The second kappa shape index (κ2) is 8.39. The van der Waals surface area contributed by atoms with E-state index in [2.05, 4.69) is 37.3 Å². The molecule has 3 heteroatoms. The second-order valence-corrected chi connectivity index (χ2v) is 7.59. The number of benzene rings is 2. The highest BCUT2D eigenvalue weighted by Crippen LogP contribution is 2.41. The van der Waals surface area contributed by atoms with Crippen LogP contribution in [0.4, 0.5) is 0 Å². The first-order chi connectivity index (χ1) is 13.1. The van der Waals surface area contributed by atoms with Gasteiger partial charge >= 0.3 is 5.97 Å². The first kappa shape index (κ1) is 19.2. The second-order valence-electron chi connectivity index (χ2n) is 7.59. The minimum Gasteiger partial charge on any atom is -0.424 e. The summed E-state index contributed by atoms with van der Waals surface area (Å²) in [5.74, 6) is 0.144. The minimum absolute atomic E-state index is 0.231. The van der Waals surface area contributed by atoms with Crippen molar-refractivity contribution in [3.63, 3.8) is 0 Å². The van der Waals surface area contributed by atoms with Crippen LogP contribution in [0.15, 0.2) is 42.5 Å². The van der Waals surface area contributed by atoms with Crippen molar-refractivity contribution < 1.29 is 9.53 Å². The Labute approximate surface area is 162 Å². The number of nitriles is 1. The minimum atomic E-state index is -0.610. The Kier molecular flexibility index (Phi) is 5.96. The molecule has 1 fully saturated rings. The van der Waals surface area contributed by atoms with Gasteiger partial charge in [-0.2, -0.15) is 5.26 Å². The van der Waals surface area contributed by atoms with Crippen LogP contribution in [0.2, 0.25) is 0 Å². The van der Waals surface area contributed by atoms with Crippen molar-refractivity contribution in [3.8, 4) is 11.8 Å². The molecule has 1 aliphatic carbocycles. The maximum atomic E-state index is 13.3. The zero-order valence-corrected chi connectivity index (χ0v) is 16.3. The monoisotopic (exact) mass is 361 g/mol. The summed E-state index contributed by atoms with van der Waals surface area (Å²) in [7, 11) is 0. The zero-order valence-electron chi connectivity index (χ0n) is 16.3. The molecule has 0 atom stereocenters. The number of aryl methyl sites for hydroxylation is 2. The summed E-state index contributed by atoms with van der Waals surface area (Å²) in [6.45, 7) is 4.15. The van der Waals surface area contributed by atoms with Gasteiger partial charge in [0.15, 0.2) is 0 Å². The lowest BCUT2D eigenvalue weighted by molar-refractivity contribution is -0.142. The lowest BCUT2D eigenvalue weighted by Gasteiger charge is -2.35. The number of hydrogen-bond donors (Lipinski definition) is 0. The topological polar surface area (TPSA) is 50.1 Å². The van der Waals surface area contributed by atoms with Crippen LogP contribution in [0.3, 0.4) is 0 Å². The summed E-state index contributed by atoms with van der Waals surface area (Å²) in [6, 6.07) is 16.0. The molecule has 0 aromatic heterocycles. The number of nitrogens with zero attached hydrogens (tertiary/aromatic N) is 1. The van der Waals surface area contributed by atoms with Crippen molar-refractivity contribution in [1.82, 2.24) is 0 Å². The highest BCUT2D eigenvalue weighted by atomic mass is 16.5. The van der Waals surface area contributed by atoms with Gasteiger partial charge in [-0.1, -0.05) is 68.5 Å². The number of carbonyl (C=O) groups is 1. The first-order valence-electron chi connectivity index (χ1n) is 9.91. The normalized spacial score (nSPS) is 15.7. The molecular weight excluding hydrogens is 334 g/mol. The van der Waals surface area contributed by atoms with Gasteiger partial charge in [0.25, 0.3) is 0 Å². The Hall–Kier alpha value is -2.60. The van der Waals surface area contributed by atoms with E-state index >= 15 is 0 Å². The van der Waals surface area contributed by atoms with Crippen LogP contribution >= 0.6 is 0 Å². The van der Waals surface area contributed by atoms with Crippen LogP contribution in [0.1, 0.15) is 67.7 Å². The van der Waals surface area contributed by atoms with Crippen LogP contribution in [0.25, 0.3) is 0 Å². The summed E-state index contributed by atoms with van der Waals surface area (Å²) < 4.78 is 5.84. The molecule has 0 radical (unpaired) electrons. The Morgan fingerprint density at radius 1 is 1.11 bits per heavy atom. The van der Waals surface area contributed by atoms with Gasteiger partial charge in [0, 0.05) is 0 Å². The number of esters is 1. The molecule has 0 saturated heterocycles. The molecule has 0 N–H and O–H groups in total. The van der Waals surface area contributed by atoms with Gasteiger partial charge in [-0.15, -0.1) is 0 Å². The van der Waals surface area contributed by atoms with Crippen molar-refractivity contribution in [2.45, 2.75) is 64.2 Å². The Morgan fingerprint density at radius 2 is 1.81 bits per heavy atom. The molecule has 0 bridgehead atoms. The molecule has 27 heavy (non-hydrogen) atoms. The van der Waals surface area contributed by atoms with E-state index in [-0.39, 0.29) is 5.97 Å². The van der Waals surface area contributed by atoms with E-state index in [1.807, 2.05) is 19.1 Å². The number of rotatable bonds is 5. The number of hydrogen-bond acceptors (Lipinski definition) is 3. The molecule has 0 aliphatic heterocycles. The number of ether oxygens (including phenoxy) is 1. The van der Waals surface area contributed by atoms with Crippen LogP contribution in [-0.2, 0) is 16.6 Å². The average molecular weight is 361 g/mol. The van der Waals surface area contributed by atoms with Crippen LogP contribution in [-0.4, -0.2) is 5.97 Å². The van der Waals surface area contributed by atoms with Gasteiger partial charge in [0.2, 0.25) is 0 Å². The SMILES string of the molecule is CCCc1ccc(OC(=O)C2(c3ccc(C)cc3)CCCCC2)c(C#N)c1. The highest BCUT2D eigenvalue weighted by molar-refractivity contribution is 5.85. The largest absolute Gasteiger partial charge is 0.424 e. The highest BCUT2D eigenvalue weighted by Gasteiger charge is 2.43. The van der Waals surface area contributed by atoms with Crippen molar-refractivity contribution in [3.05, 3.63) is 64.7 Å². The fraction of sp³-hybridized carbons (Fsp3) is 0.417. The zero-order chi connectivity index (χ0) is 19.3. The molecule has 2 aromatic carbocycles. The quantitative estimate of drug-likeness (QED) is 0.512. The third-order valence-electron chi connectivity index (χ3n) is 5.61. The molecule has 0 unspecified atom stereocenters. The molecule has 0 heterocycles. The van der Waals surface area contributed by atoms with Gasteiger partial charge < -0.3 is 4.74 Å². The van der Waals surface area contributed by atoms with E-state index in [1.165, 1.54) is 5.56 Å². The van der Waals surface area contributed by atoms with E-state index in [0.717, 1.165) is 56.1 Å². The van der Waals surface area contributed by atoms with Crippen molar-refractivity contribution in [1.29, 1.82) is 5.26 Å². The maximum Gasteiger partial charge on any atom is 0.321 e. The third-order valence-corrected chi connectivity index (χ3v) is 5.61. The van der Waals surface area contributed by atoms with Crippen molar-refractivity contribution >= 4 is 5.97 Å². The van der Waals surface area contributed by atoms with Gasteiger partial charge in [0.05, 0.1) is 11.0 Å². The Balaban J connectivity index is 1.92. The van der Waals surface area contributed by atoms with Gasteiger partial charge in [0.1, 0.15) is 11.8 Å². The summed E-state index contributed by atoms with van der Waals surface area (Å²) in [4.78, 5) is 13.3. The average Bonchev–Trinajstić information content (AvgIpc) is 2.70. The fourth-order valence-electron chi connectivity index (χ4n) is 4.03. The summed E-state index contributed by atoms with van der Waals surface area (Å²) in [6.07, 6.45) is 6.70. The first-order valence-corrected chi connectivity index (χ1v) is 9.91. The van der Waals surface area contributed by atoms with E-state index in [0.29, 0.717) is 11.3 Å². The maximum absolute atomic E-state index is 13.3. The summed E-state index contributed by atoms with van der Waals surface area (Å²) in [5, 5.41) is 9.50. The van der Waals surface area contributed by atoms with Gasteiger partial charge in [-0.3, -0.25) is 4.79 Å². The predicted molar refractivity (Wildman–Crippen MR) is 107 cm³/mol. The molecule has 1 aliphatic rings. The summed E-state index contributed by atoms with van der Waals surface area (Å²) in [5.41, 5.74) is 3.13. The Morgan fingerprint density at radius 3 is 2.44 bits per heavy atom.